The van der Waals surface area contributed by atoms with Gasteiger partial charge in [-0.1, -0.05) is 29.8 Å². The molecule has 126 valence electrons. The Balaban J connectivity index is 0.00000192. The fraction of sp³-hybridized carbons (Fsp3) is 0.529. The molecular formula is C17H24ClN3O2. The monoisotopic (exact) mass is 337 g/mol. The summed E-state index contributed by atoms with van der Waals surface area (Å²) in [5.74, 6) is 0.438. The van der Waals surface area contributed by atoms with Gasteiger partial charge in [-0.15, -0.1) is 12.4 Å². The third kappa shape index (κ3) is 4.45. The Morgan fingerprint density at radius 2 is 2.00 bits per heavy atom. The van der Waals surface area contributed by atoms with Gasteiger partial charge in [0, 0.05) is 45.1 Å². The molecule has 0 spiro atoms. The van der Waals surface area contributed by atoms with Gasteiger partial charge in [0.1, 0.15) is 0 Å². The second kappa shape index (κ2) is 7.79. The molecule has 6 heteroatoms. The van der Waals surface area contributed by atoms with E-state index in [9.17, 15) is 9.59 Å². The summed E-state index contributed by atoms with van der Waals surface area (Å²) < 4.78 is 0. The molecule has 2 heterocycles. The molecule has 1 aromatic rings. The van der Waals surface area contributed by atoms with E-state index in [1.807, 2.05) is 31.2 Å². The second-order valence-corrected chi connectivity index (χ2v) is 6.43. The largest absolute Gasteiger partial charge is 0.355 e. The molecule has 0 saturated carbocycles. The van der Waals surface area contributed by atoms with Crippen molar-refractivity contribution in [3.05, 3.63) is 35.4 Å². The summed E-state index contributed by atoms with van der Waals surface area (Å²) in [6.07, 6.45) is 0.334. The van der Waals surface area contributed by atoms with E-state index in [0.29, 0.717) is 32.0 Å². The highest BCUT2D eigenvalue weighted by Crippen LogP contribution is 2.20. The van der Waals surface area contributed by atoms with E-state index in [4.69, 9.17) is 0 Å². The van der Waals surface area contributed by atoms with Crippen LogP contribution < -0.4 is 10.6 Å². The van der Waals surface area contributed by atoms with Crippen LogP contribution in [0.25, 0.3) is 0 Å². The second-order valence-electron chi connectivity index (χ2n) is 6.43. The van der Waals surface area contributed by atoms with Crippen molar-refractivity contribution in [1.29, 1.82) is 0 Å². The van der Waals surface area contributed by atoms with E-state index in [1.165, 1.54) is 5.56 Å². The summed E-state index contributed by atoms with van der Waals surface area (Å²) in [4.78, 5) is 26.1. The predicted octanol–water partition coefficient (Wildman–Crippen LogP) is 1.10. The van der Waals surface area contributed by atoms with Crippen LogP contribution in [-0.2, 0) is 16.1 Å². The van der Waals surface area contributed by atoms with Gasteiger partial charge in [-0.3, -0.25) is 9.59 Å². The smallest absolute Gasteiger partial charge is 0.225 e. The first-order valence-electron chi connectivity index (χ1n) is 7.93. The van der Waals surface area contributed by atoms with Gasteiger partial charge >= 0.3 is 0 Å². The van der Waals surface area contributed by atoms with E-state index >= 15 is 0 Å². The molecule has 1 atom stereocenters. The van der Waals surface area contributed by atoms with Crippen molar-refractivity contribution >= 4 is 24.2 Å². The van der Waals surface area contributed by atoms with Crippen molar-refractivity contribution in [2.45, 2.75) is 19.9 Å². The number of hydrogen-bond donors (Lipinski definition) is 2. The number of aryl methyl sites for hydroxylation is 1. The lowest BCUT2D eigenvalue weighted by atomic mass is 10.0. The lowest BCUT2D eigenvalue weighted by Crippen LogP contribution is -2.49. The van der Waals surface area contributed by atoms with Crippen molar-refractivity contribution in [2.24, 2.45) is 11.8 Å². The Labute approximate surface area is 143 Å². The van der Waals surface area contributed by atoms with Crippen LogP contribution in [0.5, 0.6) is 0 Å². The quantitative estimate of drug-likeness (QED) is 0.846. The number of nitrogens with one attached hydrogen (secondary N) is 2. The van der Waals surface area contributed by atoms with Crippen LogP contribution in [0.2, 0.25) is 0 Å². The summed E-state index contributed by atoms with van der Waals surface area (Å²) in [5, 5.41) is 6.17. The highest BCUT2D eigenvalue weighted by molar-refractivity contribution is 5.89. The Bertz CT molecular complexity index is 557. The minimum absolute atomic E-state index is 0. The molecule has 0 aromatic heterocycles. The topological polar surface area (TPSA) is 61.4 Å². The molecule has 1 unspecified atom stereocenters. The predicted molar refractivity (Wildman–Crippen MR) is 91.3 cm³/mol. The van der Waals surface area contributed by atoms with Crippen LogP contribution in [0.3, 0.4) is 0 Å². The zero-order valence-corrected chi connectivity index (χ0v) is 14.2. The van der Waals surface area contributed by atoms with Gasteiger partial charge in [-0.05, 0) is 12.5 Å². The van der Waals surface area contributed by atoms with E-state index in [-0.39, 0.29) is 30.1 Å². The minimum atomic E-state index is -0.203. The number of carbonyl (C=O) groups excluding carboxylic acids is 2. The van der Waals surface area contributed by atoms with Crippen LogP contribution in [0.15, 0.2) is 24.3 Å². The number of benzene rings is 1. The van der Waals surface area contributed by atoms with Crippen molar-refractivity contribution in [2.75, 3.05) is 26.2 Å². The first kappa shape index (κ1) is 17.8. The summed E-state index contributed by atoms with van der Waals surface area (Å²) in [6.45, 7) is 5.83. The Morgan fingerprint density at radius 3 is 2.61 bits per heavy atom. The van der Waals surface area contributed by atoms with Crippen LogP contribution >= 0.6 is 12.4 Å². The van der Waals surface area contributed by atoms with Gasteiger partial charge in [0.2, 0.25) is 11.8 Å². The summed E-state index contributed by atoms with van der Waals surface area (Å²) in [5.41, 5.74) is 2.32. The standard InChI is InChI=1S/C17H23N3O2.ClH/c1-12-2-4-13(5-3-12)10-20-11-15(6-16(20)21)17(22)19-9-14-7-18-8-14;/h2-5,14-15,18H,6-11H2,1H3,(H,19,22);1H. The summed E-state index contributed by atoms with van der Waals surface area (Å²) in [6, 6.07) is 8.18. The number of halogens is 1. The van der Waals surface area contributed by atoms with Crippen molar-refractivity contribution in [1.82, 2.24) is 15.5 Å². The Kier molecular flexibility index (Phi) is 6.02. The third-order valence-corrected chi connectivity index (χ3v) is 4.51. The molecule has 2 aliphatic rings. The maximum absolute atomic E-state index is 12.2. The van der Waals surface area contributed by atoms with Crippen molar-refractivity contribution in [3.8, 4) is 0 Å². The Hall–Kier alpha value is -1.59. The molecule has 2 N–H and O–H groups in total. The highest BCUT2D eigenvalue weighted by Gasteiger charge is 2.34. The van der Waals surface area contributed by atoms with Gasteiger partial charge in [-0.2, -0.15) is 0 Å². The molecule has 1 aromatic carbocycles. The summed E-state index contributed by atoms with van der Waals surface area (Å²) >= 11 is 0. The third-order valence-electron chi connectivity index (χ3n) is 4.51. The maximum atomic E-state index is 12.2. The first-order valence-corrected chi connectivity index (χ1v) is 7.93. The molecule has 5 nitrogen and oxygen atoms in total. The van der Waals surface area contributed by atoms with E-state index in [1.54, 1.807) is 4.90 Å². The average molecular weight is 338 g/mol. The molecular weight excluding hydrogens is 314 g/mol. The lowest BCUT2D eigenvalue weighted by molar-refractivity contribution is -0.129. The van der Waals surface area contributed by atoms with Gasteiger partial charge in [0.25, 0.3) is 0 Å². The molecule has 2 saturated heterocycles. The summed E-state index contributed by atoms with van der Waals surface area (Å²) in [7, 11) is 0. The molecule has 2 fully saturated rings. The minimum Gasteiger partial charge on any atom is -0.355 e. The number of amides is 2. The van der Waals surface area contributed by atoms with Crippen LogP contribution in [0.1, 0.15) is 17.5 Å². The van der Waals surface area contributed by atoms with Crippen LogP contribution in [0, 0.1) is 18.8 Å². The number of hydrogen-bond acceptors (Lipinski definition) is 3. The van der Waals surface area contributed by atoms with Crippen LogP contribution in [-0.4, -0.2) is 42.9 Å². The van der Waals surface area contributed by atoms with Crippen molar-refractivity contribution in [3.63, 3.8) is 0 Å². The molecule has 0 radical (unpaired) electrons. The average Bonchev–Trinajstić information content (AvgIpc) is 2.81. The fourth-order valence-electron chi connectivity index (χ4n) is 2.90. The highest BCUT2D eigenvalue weighted by atomic mass is 35.5. The molecule has 23 heavy (non-hydrogen) atoms. The molecule has 0 bridgehead atoms. The van der Waals surface area contributed by atoms with E-state index in [0.717, 1.165) is 18.7 Å². The Morgan fingerprint density at radius 1 is 1.30 bits per heavy atom. The van der Waals surface area contributed by atoms with Crippen molar-refractivity contribution < 1.29 is 9.59 Å². The number of carbonyl (C=O) groups is 2. The van der Waals surface area contributed by atoms with Gasteiger partial charge in [0.05, 0.1) is 5.92 Å². The zero-order valence-electron chi connectivity index (χ0n) is 13.4. The van der Waals surface area contributed by atoms with E-state index in [2.05, 4.69) is 10.6 Å². The first-order chi connectivity index (χ1) is 10.6. The molecule has 2 amide bonds. The van der Waals surface area contributed by atoms with Gasteiger partial charge in [-0.25, -0.2) is 0 Å². The molecule has 3 rings (SSSR count). The number of rotatable bonds is 5. The number of nitrogens with zero attached hydrogens (tertiary/aromatic N) is 1. The zero-order chi connectivity index (χ0) is 15.5. The van der Waals surface area contributed by atoms with Gasteiger partial charge < -0.3 is 15.5 Å². The molecule has 2 aliphatic heterocycles. The normalized spacial score (nSPS) is 20.8. The lowest BCUT2D eigenvalue weighted by Gasteiger charge is -2.27. The van der Waals surface area contributed by atoms with Crippen LogP contribution in [0.4, 0.5) is 0 Å². The number of likely N-dealkylation sites (tertiary alicyclic amines) is 1. The van der Waals surface area contributed by atoms with E-state index < -0.39 is 0 Å². The fourth-order valence-corrected chi connectivity index (χ4v) is 2.90. The SMILES string of the molecule is Cc1ccc(CN2CC(C(=O)NCC3CNC3)CC2=O)cc1.Cl. The van der Waals surface area contributed by atoms with Gasteiger partial charge in [0.15, 0.2) is 0 Å². The maximum Gasteiger partial charge on any atom is 0.225 e. The molecule has 0 aliphatic carbocycles.